The largest absolute Gasteiger partial charge is 0.488 e. The van der Waals surface area contributed by atoms with Gasteiger partial charge in [0.05, 0.1) is 0 Å². The van der Waals surface area contributed by atoms with Crippen LogP contribution in [-0.2, 0) is 6.54 Å². The molecule has 2 N–H and O–H groups in total. The molecule has 18 heavy (non-hydrogen) atoms. The number of nitrogens with zero attached hydrogens (tertiary/aromatic N) is 1. The van der Waals surface area contributed by atoms with E-state index in [1.807, 2.05) is 18.2 Å². The van der Waals surface area contributed by atoms with Gasteiger partial charge in [0.1, 0.15) is 0 Å². The van der Waals surface area contributed by atoms with Crippen molar-refractivity contribution in [2.75, 3.05) is 6.54 Å². The van der Waals surface area contributed by atoms with Gasteiger partial charge in [-0.1, -0.05) is 24.3 Å². The summed E-state index contributed by atoms with van der Waals surface area (Å²) in [5.41, 5.74) is 1.72. The fourth-order valence-corrected chi connectivity index (χ4v) is 2.18. The average molecular weight is 247 g/mol. The van der Waals surface area contributed by atoms with Crippen molar-refractivity contribution in [2.24, 2.45) is 5.92 Å². The predicted octanol–water partition coefficient (Wildman–Crippen LogP) is 0.987. The van der Waals surface area contributed by atoms with Gasteiger partial charge in [-0.3, -0.25) is 4.90 Å². The first kappa shape index (κ1) is 13.6. The molecule has 0 aliphatic heterocycles. The molecule has 0 bridgehead atoms. The van der Waals surface area contributed by atoms with E-state index in [0.717, 1.165) is 24.6 Å². The molecule has 1 aromatic carbocycles. The zero-order valence-electron chi connectivity index (χ0n) is 11.2. The fraction of sp³-hybridized carbons (Fsp3) is 0.571. The van der Waals surface area contributed by atoms with Crippen molar-refractivity contribution in [3.8, 4) is 0 Å². The van der Waals surface area contributed by atoms with Crippen molar-refractivity contribution >= 4 is 12.6 Å². The Bertz CT molecular complexity index is 391. The second-order valence-corrected chi connectivity index (χ2v) is 5.59. The normalized spacial score (nSPS) is 15.4. The number of rotatable bonds is 6. The maximum Gasteiger partial charge on any atom is 0.488 e. The quantitative estimate of drug-likeness (QED) is 0.737. The molecule has 3 nitrogen and oxygen atoms in total. The van der Waals surface area contributed by atoms with Gasteiger partial charge >= 0.3 is 7.12 Å². The Balaban J connectivity index is 2.02. The molecule has 4 heteroatoms. The highest BCUT2D eigenvalue weighted by molar-refractivity contribution is 6.58. The Morgan fingerprint density at radius 3 is 2.61 bits per heavy atom. The summed E-state index contributed by atoms with van der Waals surface area (Å²) in [6.45, 7) is 6.47. The summed E-state index contributed by atoms with van der Waals surface area (Å²) in [4.78, 5) is 2.46. The van der Waals surface area contributed by atoms with E-state index in [0.29, 0.717) is 11.5 Å². The lowest BCUT2D eigenvalue weighted by Gasteiger charge is -2.26. The molecule has 0 heterocycles. The number of benzene rings is 1. The molecule has 1 aliphatic carbocycles. The van der Waals surface area contributed by atoms with Gasteiger partial charge in [0.25, 0.3) is 0 Å². The Labute approximate surface area is 110 Å². The molecule has 0 atom stereocenters. The van der Waals surface area contributed by atoms with Crippen molar-refractivity contribution < 1.29 is 10.0 Å². The van der Waals surface area contributed by atoms with Crippen LogP contribution in [0, 0.1) is 5.92 Å². The monoisotopic (exact) mass is 247 g/mol. The molecule has 2 rings (SSSR count). The van der Waals surface area contributed by atoms with Crippen LogP contribution in [0.2, 0.25) is 0 Å². The minimum atomic E-state index is -1.37. The van der Waals surface area contributed by atoms with E-state index in [2.05, 4.69) is 18.7 Å². The summed E-state index contributed by atoms with van der Waals surface area (Å²) in [6.07, 6.45) is 2.72. The van der Waals surface area contributed by atoms with Crippen molar-refractivity contribution in [3.63, 3.8) is 0 Å². The second kappa shape index (κ2) is 5.87. The highest BCUT2D eigenvalue weighted by Gasteiger charge is 2.25. The van der Waals surface area contributed by atoms with Crippen LogP contribution >= 0.6 is 0 Å². The lowest BCUT2D eigenvalue weighted by molar-refractivity contribution is 0.204. The van der Waals surface area contributed by atoms with E-state index in [1.54, 1.807) is 6.07 Å². The van der Waals surface area contributed by atoms with Gasteiger partial charge in [-0.15, -0.1) is 0 Å². The third-order valence-electron chi connectivity index (χ3n) is 3.55. The zero-order chi connectivity index (χ0) is 13.1. The van der Waals surface area contributed by atoms with Crippen molar-refractivity contribution in [2.45, 2.75) is 39.3 Å². The summed E-state index contributed by atoms with van der Waals surface area (Å²) in [5.74, 6) is 0.874. The molecule has 1 aliphatic rings. The summed E-state index contributed by atoms with van der Waals surface area (Å²) >= 11 is 0. The Morgan fingerprint density at radius 2 is 2.06 bits per heavy atom. The lowest BCUT2D eigenvalue weighted by Crippen LogP contribution is -2.34. The van der Waals surface area contributed by atoms with Crippen LogP contribution in [-0.4, -0.2) is 34.7 Å². The number of hydrogen-bond acceptors (Lipinski definition) is 3. The molecule has 0 unspecified atom stereocenters. The van der Waals surface area contributed by atoms with Gasteiger partial charge in [0, 0.05) is 19.1 Å². The number of hydrogen-bond donors (Lipinski definition) is 2. The van der Waals surface area contributed by atoms with Crippen LogP contribution in [0.3, 0.4) is 0 Å². The van der Waals surface area contributed by atoms with Gasteiger partial charge in [-0.25, -0.2) is 0 Å². The van der Waals surface area contributed by atoms with E-state index in [4.69, 9.17) is 0 Å². The van der Waals surface area contributed by atoms with E-state index in [9.17, 15) is 10.0 Å². The first-order chi connectivity index (χ1) is 8.56. The van der Waals surface area contributed by atoms with Crippen LogP contribution in [0.1, 0.15) is 32.3 Å². The van der Waals surface area contributed by atoms with E-state index >= 15 is 0 Å². The maximum atomic E-state index is 9.19. The van der Waals surface area contributed by atoms with Crippen LogP contribution in [0.25, 0.3) is 0 Å². The van der Waals surface area contributed by atoms with Crippen molar-refractivity contribution in [1.29, 1.82) is 0 Å². The summed E-state index contributed by atoms with van der Waals surface area (Å²) in [7, 11) is -1.37. The molecule has 98 valence electrons. The highest BCUT2D eigenvalue weighted by atomic mass is 16.4. The molecule has 0 saturated heterocycles. The summed E-state index contributed by atoms with van der Waals surface area (Å²) < 4.78 is 0. The average Bonchev–Trinajstić information content (AvgIpc) is 3.12. The van der Waals surface area contributed by atoms with Gasteiger partial charge in [0.2, 0.25) is 0 Å². The topological polar surface area (TPSA) is 43.7 Å². The molecule has 0 spiro atoms. The smallest absolute Gasteiger partial charge is 0.423 e. The predicted molar refractivity (Wildman–Crippen MR) is 74.5 cm³/mol. The third-order valence-corrected chi connectivity index (χ3v) is 3.55. The zero-order valence-corrected chi connectivity index (χ0v) is 11.2. The van der Waals surface area contributed by atoms with Crippen LogP contribution in [0.5, 0.6) is 0 Å². The van der Waals surface area contributed by atoms with Gasteiger partial charge in [0.15, 0.2) is 0 Å². The Hall–Kier alpha value is -0.835. The van der Waals surface area contributed by atoms with Crippen molar-refractivity contribution in [3.05, 3.63) is 29.8 Å². The molecule has 0 aromatic heterocycles. The van der Waals surface area contributed by atoms with Crippen LogP contribution in [0.15, 0.2) is 24.3 Å². The minimum Gasteiger partial charge on any atom is -0.423 e. The molecule has 0 radical (unpaired) electrons. The molecular formula is C14H22BNO2. The molecule has 1 saturated carbocycles. The van der Waals surface area contributed by atoms with E-state index in [-0.39, 0.29) is 0 Å². The first-order valence-corrected chi connectivity index (χ1v) is 6.75. The fourth-order valence-electron chi connectivity index (χ4n) is 2.18. The summed E-state index contributed by atoms with van der Waals surface area (Å²) in [5, 5.41) is 18.4. The van der Waals surface area contributed by atoms with Crippen molar-refractivity contribution in [1.82, 2.24) is 4.90 Å². The van der Waals surface area contributed by atoms with Gasteiger partial charge in [-0.2, -0.15) is 0 Å². The van der Waals surface area contributed by atoms with E-state index < -0.39 is 7.12 Å². The van der Waals surface area contributed by atoms with Gasteiger partial charge < -0.3 is 10.0 Å². The molecule has 1 aromatic rings. The van der Waals surface area contributed by atoms with E-state index in [1.165, 1.54) is 12.8 Å². The minimum absolute atomic E-state index is 0.522. The van der Waals surface area contributed by atoms with Crippen LogP contribution < -0.4 is 5.46 Å². The lowest BCUT2D eigenvalue weighted by atomic mass is 9.79. The SMILES string of the molecule is CC(C)N(Cc1cccc(B(O)O)c1)CC1CC1. The molecular weight excluding hydrogens is 225 g/mol. The van der Waals surface area contributed by atoms with Crippen LogP contribution in [0.4, 0.5) is 0 Å². The second-order valence-electron chi connectivity index (χ2n) is 5.59. The standard InChI is InChI=1S/C14H22BNO2/c1-11(2)16(9-12-6-7-12)10-13-4-3-5-14(8-13)15(17)18/h3-5,8,11-12,17-18H,6-7,9-10H2,1-2H3. The summed E-state index contributed by atoms with van der Waals surface area (Å²) in [6, 6.07) is 8.09. The highest BCUT2D eigenvalue weighted by Crippen LogP contribution is 2.30. The van der Waals surface area contributed by atoms with Gasteiger partial charge in [-0.05, 0) is 43.6 Å². The first-order valence-electron chi connectivity index (χ1n) is 6.75. The Kier molecular flexibility index (Phi) is 4.43. The molecule has 1 fully saturated rings. The maximum absolute atomic E-state index is 9.19. The Morgan fingerprint density at radius 1 is 1.33 bits per heavy atom. The third kappa shape index (κ3) is 3.84. The molecule has 0 amide bonds.